The molecule has 1 heterocycles. The molecule has 0 unspecified atom stereocenters. The van der Waals surface area contributed by atoms with Crippen molar-refractivity contribution in [2.75, 3.05) is 36.5 Å². The van der Waals surface area contributed by atoms with Crippen molar-refractivity contribution in [3.8, 4) is 0 Å². The van der Waals surface area contributed by atoms with E-state index in [-0.39, 0.29) is 11.5 Å². The first kappa shape index (κ1) is 13.4. The molecule has 6 heteroatoms. The Morgan fingerprint density at radius 1 is 1.32 bits per heavy atom. The summed E-state index contributed by atoms with van der Waals surface area (Å²) in [6.45, 7) is 4.02. The number of aromatic carboxylic acids is 1. The van der Waals surface area contributed by atoms with E-state index < -0.39 is 5.97 Å². The third kappa shape index (κ3) is 3.23. The highest BCUT2D eigenvalue weighted by Gasteiger charge is 2.16. The zero-order chi connectivity index (χ0) is 13.8. The van der Waals surface area contributed by atoms with Gasteiger partial charge in [0.05, 0.1) is 30.6 Å². The second kappa shape index (κ2) is 5.71. The number of carbonyl (C=O) groups is 2. The van der Waals surface area contributed by atoms with Gasteiger partial charge in [0, 0.05) is 20.0 Å². The van der Waals surface area contributed by atoms with E-state index in [9.17, 15) is 14.7 Å². The van der Waals surface area contributed by atoms with Crippen LogP contribution in [0.4, 0.5) is 11.4 Å². The minimum absolute atomic E-state index is 0.0424. The van der Waals surface area contributed by atoms with Crippen molar-refractivity contribution >= 4 is 23.3 Å². The Bertz CT molecular complexity index is 495. The van der Waals surface area contributed by atoms with Crippen molar-refractivity contribution in [2.24, 2.45) is 0 Å². The number of carbonyl (C=O) groups excluding carboxylic acids is 2. The molecule has 0 aliphatic carbocycles. The topological polar surface area (TPSA) is 81.7 Å². The summed E-state index contributed by atoms with van der Waals surface area (Å²) in [5.74, 6) is -1.51. The fourth-order valence-electron chi connectivity index (χ4n) is 2.03. The molecule has 1 aromatic carbocycles. The monoisotopic (exact) mass is 263 g/mol. The number of anilines is 2. The average Bonchev–Trinajstić information content (AvgIpc) is 2.39. The summed E-state index contributed by atoms with van der Waals surface area (Å²) in [6.07, 6.45) is 0. The molecule has 1 aromatic rings. The number of morpholine rings is 1. The second-order valence-corrected chi connectivity index (χ2v) is 4.30. The maximum atomic E-state index is 11.2. The van der Waals surface area contributed by atoms with Crippen LogP contribution in [0.5, 0.6) is 0 Å². The predicted molar refractivity (Wildman–Crippen MR) is 68.1 cm³/mol. The molecule has 1 saturated heterocycles. The van der Waals surface area contributed by atoms with Gasteiger partial charge in [-0.1, -0.05) is 6.07 Å². The summed E-state index contributed by atoms with van der Waals surface area (Å²) < 4.78 is 5.27. The van der Waals surface area contributed by atoms with Crippen molar-refractivity contribution in [3.05, 3.63) is 23.8 Å². The molecule has 0 spiro atoms. The van der Waals surface area contributed by atoms with Crippen LogP contribution in [-0.4, -0.2) is 38.2 Å². The zero-order valence-electron chi connectivity index (χ0n) is 10.6. The first-order valence-corrected chi connectivity index (χ1v) is 6.03. The van der Waals surface area contributed by atoms with Gasteiger partial charge in [0.2, 0.25) is 5.91 Å². The van der Waals surface area contributed by atoms with E-state index >= 15 is 0 Å². The lowest BCUT2D eigenvalue weighted by Crippen LogP contribution is -2.36. The molecule has 2 rings (SSSR count). The molecule has 0 atom stereocenters. The molecule has 6 nitrogen and oxygen atoms in total. The number of nitrogens with one attached hydrogen (secondary N) is 1. The van der Waals surface area contributed by atoms with Crippen LogP contribution in [0.1, 0.15) is 17.3 Å². The van der Waals surface area contributed by atoms with Gasteiger partial charge in [-0.05, 0) is 17.7 Å². The summed E-state index contributed by atoms with van der Waals surface area (Å²) in [6, 6.07) is 4.58. The Labute approximate surface area is 111 Å². The number of rotatable bonds is 3. The minimum Gasteiger partial charge on any atom is -0.545 e. The Kier molecular flexibility index (Phi) is 4.01. The third-order valence-electron chi connectivity index (χ3n) is 2.89. The number of carboxylic acids is 1. The van der Waals surface area contributed by atoms with Gasteiger partial charge < -0.3 is 24.9 Å². The predicted octanol–water partition coefficient (Wildman–Crippen LogP) is -0.155. The fraction of sp³-hybridized carbons (Fsp3) is 0.385. The molecule has 0 aromatic heterocycles. The van der Waals surface area contributed by atoms with E-state index in [1.165, 1.54) is 19.1 Å². The van der Waals surface area contributed by atoms with Crippen LogP contribution in [0.15, 0.2) is 18.2 Å². The normalized spacial score (nSPS) is 15.1. The Hall–Kier alpha value is -2.08. The number of hydrogen-bond acceptors (Lipinski definition) is 5. The highest BCUT2D eigenvalue weighted by atomic mass is 16.5. The molecular weight excluding hydrogens is 248 g/mol. The van der Waals surface area contributed by atoms with E-state index in [1.54, 1.807) is 6.07 Å². The summed E-state index contributed by atoms with van der Waals surface area (Å²) in [7, 11) is 0. The minimum atomic E-state index is -1.26. The third-order valence-corrected chi connectivity index (χ3v) is 2.89. The van der Waals surface area contributed by atoms with E-state index in [0.29, 0.717) is 32.0 Å². The molecule has 1 aliphatic rings. The quantitative estimate of drug-likeness (QED) is 0.819. The SMILES string of the molecule is CC(=O)Nc1cc(C(=O)[O-])ccc1N1CCOCC1. The van der Waals surface area contributed by atoms with Crippen LogP contribution in [0.3, 0.4) is 0 Å². The van der Waals surface area contributed by atoms with Gasteiger partial charge in [-0.3, -0.25) is 4.79 Å². The molecule has 1 aliphatic heterocycles. The molecule has 1 fully saturated rings. The molecule has 1 amide bonds. The maximum absolute atomic E-state index is 11.2. The number of amides is 1. The lowest BCUT2D eigenvalue weighted by molar-refractivity contribution is -0.255. The van der Waals surface area contributed by atoms with Gasteiger partial charge >= 0.3 is 0 Å². The van der Waals surface area contributed by atoms with Gasteiger partial charge in [0.15, 0.2) is 0 Å². The van der Waals surface area contributed by atoms with E-state index in [1.807, 2.05) is 4.90 Å². The first-order chi connectivity index (χ1) is 9.08. The first-order valence-electron chi connectivity index (χ1n) is 6.03. The molecule has 19 heavy (non-hydrogen) atoms. The van der Waals surface area contributed by atoms with Crippen LogP contribution in [0, 0.1) is 0 Å². The summed E-state index contributed by atoms with van der Waals surface area (Å²) in [4.78, 5) is 24.1. The van der Waals surface area contributed by atoms with Crippen LogP contribution in [0.25, 0.3) is 0 Å². The molecular formula is C13H15N2O4-. The number of benzene rings is 1. The highest BCUT2D eigenvalue weighted by molar-refractivity contribution is 5.96. The van der Waals surface area contributed by atoms with Crippen molar-refractivity contribution in [1.29, 1.82) is 0 Å². The van der Waals surface area contributed by atoms with Gasteiger partial charge in [-0.25, -0.2) is 0 Å². The van der Waals surface area contributed by atoms with Crippen LogP contribution >= 0.6 is 0 Å². The number of ether oxygens (including phenoxy) is 1. The zero-order valence-corrected chi connectivity index (χ0v) is 10.6. The maximum Gasteiger partial charge on any atom is 0.221 e. The summed E-state index contributed by atoms with van der Waals surface area (Å²) in [5, 5.41) is 13.5. The lowest BCUT2D eigenvalue weighted by atomic mass is 10.1. The van der Waals surface area contributed by atoms with Crippen LogP contribution in [-0.2, 0) is 9.53 Å². The van der Waals surface area contributed by atoms with Crippen molar-refractivity contribution in [3.63, 3.8) is 0 Å². The Morgan fingerprint density at radius 3 is 2.58 bits per heavy atom. The van der Waals surface area contributed by atoms with Crippen molar-refractivity contribution < 1.29 is 19.4 Å². The number of hydrogen-bond donors (Lipinski definition) is 1. The average molecular weight is 263 g/mol. The molecule has 0 radical (unpaired) electrons. The van der Waals surface area contributed by atoms with E-state index in [4.69, 9.17) is 4.74 Å². The van der Waals surface area contributed by atoms with Crippen molar-refractivity contribution in [1.82, 2.24) is 0 Å². The smallest absolute Gasteiger partial charge is 0.221 e. The van der Waals surface area contributed by atoms with E-state index in [0.717, 1.165) is 5.69 Å². The van der Waals surface area contributed by atoms with Gasteiger partial charge in [-0.15, -0.1) is 0 Å². The van der Waals surface area contributed by atoms with Crippen molar-refractivity contribution in [2.45, 2.75) is 6.92 Å². The van der Waals surface area contributed by atoms with Gasteiger partial charge in [0.1, 0.15) is 0 Å². The van der Waals surface area contributed by atoms with E-state index in [2.05, 4.69) is 5.32 Å². The van der Waals surface area contributed by atoms with Crippen LogP contribution < -0.4 is 15.3 Å². The number of nitrogens with zero attached hydrogens (tertiary/aromatic N) is 1. The van der Waals surface area contributed by atoms with Crippen LogP contribution in [0.2, 0.25) is 0 Å². The fourth-order valence-corrected chi connectivity index (χ4v) is 2.03. The Balaban J connectivity index is 2.34. The summed E-state index contributed by atoms with van der Waals surface area (Å²) >= 11 is 0. The van der Waals surface area contributed by atoms with Gasteiger partial charge in [-0.2, -0.15) is 0 Å². The molecule has 1 N–H and O–H groups in total. The molecule has 0 saturated carbocycles. The Morgan fingerprint density at radius 2 is 2.00 bits per heavy atom. The standard InChI is InChI=1S/C13H16N2O4/c1-9(16)14-11-8-10(13(17)18)2-3-12(11)15-4-6-19-7-5-15/h2-3,8H,4-7H2,1H3,(H,14,16)(H,17,18)/p-1. The summed E-state index contributed by atoms with van der Waals surface area (Å²) in [5.41, 5.74) is 1.32. The lowest BCUT2D eigenvalue weighted by Gasteiger charge is -2.30. The molecule has 102 valence electrons. The molecule has 0 bridgehead atoms. The van der Waals surface area contributed by atoms with Gasteiger partial charge in [0.25, 0.3) is 0 Å². The highest BCUT2D eigenvalue weighted by Crippen LogP contribution is 2.28. The second-order valence-electron chi connectivity index (χ2n) is 4.30. The number of carboxylic acid groups (broad SMARTS) is 1. The largest absolute Gasteiger partial charge is 0.545 e.